The Morgan fingerprint density at radius 3 is 2.50 bits per heavy atom. The van der Waals surface area contributed by atoms with Gasteiger partial charge < -0.3 is 9.15 Å². The number of nitrogens with one attached hydrogen (secondary N) is 2. The quantitative estimate of drug-likeness (QED) is 0.633. The molecule has 0 saturated carbocycles. The first kappa shape index (κ1) is 19.7. The van der Waals surface area contributed by atoms with E-state index in [-0.39, 0.29) is 5.13 Å². The van der Waals surface area contributed by atoms with Crippen LogP contribution in [0.5, 0.6) is 5.75 Å². The minimum atomic E-state index is -4.90. The van der Waals surface area contributed by atoms with E-state index in [2.05, 4.69) is 15.0 Å². The molecule has 0 aliphatic heterocycles. The van der Waals surface area contributed by atoms with Gasteiger partial charge in [0.15, 0.2) is 5.13 Å². The number of rotatable bonds is 5. The van der Waals surface area contributed by atoms with Gasteiger partial charge in [-0.05, 0) is 36.4 Å². The molecule has 28 heavy (non-hydrogen) atoms. The molecule has 0 bridgehead atoms. The molecule has 0 atom stereocenters. The maximum Gasteiger partial charge on any atom is 0.573 e. The van der Waals surface area contributed by atoms with E-state index in [0.717, 1.165) is 35.6 Å². The standard InChI is InChI=1S/C15H10F3N3O5S2/c16-15(17,18)26-9-3-5-10(6-4-9)28(23,24)21-13(22)20-14-19-8-12(27-14)11-2-1-7-25-11/h1-8H,(H2,19,20,21,22). The molecule has 2 N–H and O–H groups in total. The average Bonchev–Trinajstić information content (AvgIpc) is 3.24. The number of benzene rings is 1. The third-order valence-corrected chi connectivity index (χ3v) is 5.36. The number of thiazole rings is 1. The van der Waals surface area contributed by atoms with E-state index >= 15 is 0 Å². The SMILES string of the molecule is O=C(Nc1ncc(-c2ccco2)s1)NS(=O)(=O)c1ccc(OC(F)(F)F)cc1. The number of anilines is 1. The molecule has 2 aromatic heterocycles. The lowest BCUT2D eigenvalue weighted by Crippen LogP contribution is -2.34. The first-order valence-electron chi connectivity index (χ1n) is 7.32. The molecule has 13 heteroatoms. The summed E-state index contributed by atoms with van der Waals surface area (Å²) in [5.74, 6) is -0.0658. The van der Waals surface area contributed by atoms with Gasteiger partial charge in [-0.25, -0.2) is 22.9 Å². The number of furan rings is 1. The molecule has 2 heterocycles. The van der Waals surface area contributed by atoms with Gasteiger partial charge in [-0.1, -0.05) is 11.3 Å². The number of sulfonamides is 1. The number of halogens is 3. The maximum atomic E-state index is 12.2. The van der Waals surface area contributed by atoms with Gasteiger partial charge in [0.25, 0.3) is 10.0 Å². The molecule has 0 spiro atoms. The van der Waals surface area contributed by atoms with E-state index < -0.39 is 33.1 Å². The molecule has 3 rings (SSSR count). The van der Waals surface area contributed by atoms with Crippen molar-refractivity contribution in [1.82, 2.24) is 9.71 Å². The number of amides is 2. The van der Waals surface area contributed by atoms with Crippen LogP contribution in [0.1, 0.15) is 0 Å². The Morgan fingerprint density at radius 2 is 1.89 bits per heavy atom. The van der Waals surface area contributed by atoms with E-state index in [0.29, 0.717) is 10.6 Å². The summed E-state index contributed by atoms with van der Waals surface area (Å²) in [6.45, 7) is 0. The fourth-order valence-corrected chi connectivity index (χ4v) is 3.68. The van der Waals surface area contributed by atoms with Crippen molar-refractivity contribution >= 4 is 32.5 Å². The Morgan fingerprint density at radius 1 is 1.18 bits per heavy atom. The van der Waals surface area contributed by atoms with Crippen molar-refractivity contribution in [3.63, 3.8) is 0 Å². The predicted molar refractivity (Wildman–Crippen MR) is 92.3 cm³/mol. The predicted octanol–water partition coefficient (Wildman–Crippen LogP) is 3.81. The number of hydrogen-bond acceptors (Lipinski definition) is 7. The largest absolute Gasteiger partial charge is 0.573 e. The van der Waals surface area contributed by atoms with Gasteiger partial charge in [0.1, 0.15) is 11.5 Å². The highest BCUT2D eigenvalue weighted by Gasteiger charge is 2.31. The fourth-order valence-electron chi connectivity index (χ4n) is 1.99. The fraction of sp³-hybridized carbons (Fsp3) is 0.0667. The number of nitrogens with zero attached hydrogens (tertiary/aromatic N) is 1. The third-order valence-electron chi connectivity index (χ3n) is 3.08. The van der Waals surface area contributed by atoms with Gasteiger partial charge in [0, 0.05) is 0 Å². The highest BCUT2D eigenvalue weighted by molar-refractivity contribution is 7.90. The second-order valence-electron chi connectivity index (χ2n) is 5.09. The molecule has 0 aliphatic rings. The van der Waals surface area contributed by atoms with Gasteiger partial charge in [-0.2, -0.15) is 0 Å². The lowest BCUT2D eigenvalue weighted by Gasteiger charge is -2.10. The molecule has 0 aliphatic carbocycles. The van der Waals surface area contributed by atoms with Gasteiger partial charge >= 0.3 is 12.4 Å². The number of alkyl halides is 3. The zero-order valence-corrected chi connectivity index (χ0v) is 15.2. The number of urea groups is 1. The van der Waals surface area contributed by atoms with E-state index in [1.165, 1.54) is 12.5 Å². The van der Waals surface area contributed by atoms with Crippen LogP contribution in [-0.2, 0) is 10.0 Å². The van der Waals surface area contributed by atoms with Crippen LogP contribution >= 0.6 is 11.3 Å². The molecule has 148 valence electrons. The topological polar surface area (TPSA) is 111 Å². The van der Waals surface area contributed by atoms with Crippen molar-refractivity contribution in [2.24, 2.45) is 0 Å². The summed E-state index contributed by atoms with van der Waals surface area (Å²) < 4.78 is 71.3. The number of aromatic nitrogens is 1. The lowest BCUT2D eigenvalue weighted by molar-refractivity contribution is -0.274. The Bertz CT molecular complexity index is 1060. The molecule has 0 radical (unpaired) electrons. The lowest BCUT2D eigenvalue weighted by atomic mass is 10.3. The Kier molecular flexibility index (Phi) is 5.29. The van der Waals surface area contributed by atoms with Crippen molar-refractivity contribution in [3.05, 3.63) is 48.9 Å². The van der Waals surface area contributed by atoms with Gasteiger partial charge in [-0.15, -0.1) is 13.2 Å². The van der Waals surface area contributed by atoms with E-state index in [1.807, 2.05) is 0 Å². The van der Waals surface area contributed by atoms with Crippen molar-refractivity contribution in [2.75, 3.05) is 5.32 Å². The third kappa shape index (κ3) is 5.01. The minimum absolute atomic E-state index is 0.119. The van der Waals surface area contributed by atoms with Gasteiger partial charge in [0.2, 0.25) is 0 Å². The summed E-state index contributed by atoms with van der Waals surface area (Å²) in [5.41, 5.74) is 0. The van der Waals surface area contributed by atoms with Crippen LogP contribution in [0.3, 0.4) is 0 Å². The smallest absolute Gasteiger partial charge is 0.463 e. The van der Waals surface area contributed by atoms with Crippen LogP contribution in [0.25, 0.3) is 10.6 Å². The van der Waals surface area contributed by atoms with Crippen LogP contribution < -0.4 is 14.8 Å². The van der Waals surface area contributed by atoms with Crippen LogP contribution in [-0.4, -0.2) is 25.8 Å². The second kappa shape index (κ2) is 7.52. The molecule has 1 aromatic carbocycles. The number of carbonyl (C=O) groups is 1. The summed E-state index contributed by atoms with van der Waals surface area (Å²) in [5, 5.41) is 2.37. The maximum absolute atomic E-state index is 12.2. The monoisotopic (exact) mass is 433 g/mol. The summed E-state index contributed by atoms with van der Waals surface area (Å²) in [6, 6.07) is 5.65. The van der Waals surface area contributed by atoms with Gasteiger partial charge in [-0.3, -0.25) is 5.32 Å². The number of carbonyl (C=O) groups excluding carboxylic acids is 1. The summed E-state index contributed by atoms with van der Waals surface area (Å²) in [6.07, 6.45) is -2.00. The van der Waals surface area contributed by atoms with Crippen LogP contribution in [0.15, 0.2) is 58.2 Å². The van der Waals surface area contributed by atoms with E-state index in [1.54, 1.807) is 16.9 Å². The number of hydrogen-bond donors (Lipinski definition) is 2. The normalized spacial score (nSPS) is 11.8. The van der Waals surface area contributed by atoms with Crippen molar-refractivity contribution in [2.45, 2.75) is 11.3 Å². The first-order chi connectivity index (χ1) is 13.1. The van der Waals surface area contributed by atoms with Crippen LogP contribution in [0, 0.1) is 0 Å². The molecule has 3 aromatic rings. The molecular weight excluding hydrogens is 423 g/mol. The highest BCUT2D eigenvalue weighted by Crippen LogP contribution is 2.29. The average molecular weight is 433 g/mol. The van der Waals surface area contributed by atoms with E-state index in [4.69, 9.17) is 4.42 Å². The highest BCUT2D eigenvalue weighted by atomic mass is 32.2. The second-order valence-corrected chi connectivity index (χ2v) is 7.80. The Hall–Kier alpha value is -3.06. The van der Waals surface area contributed by atoms with Crippen molar-refractivity contribution in [1.29, 1.82) is 0 Å². The molecular formula is C15H10F3N3O5S2. The first-order valence-corrected chi connectivity index (χ1v) is 9.62. The van der Waals surface area contributed by atoms with E-state index in [9.17, 15) is 26.4 Å². The summed E-state index contributed by atoms with van der Waals surface area (Å²) >= 11 is 1.05. The van der Waals surface area contributed by atoms with Crippen LogP contribution in [0.4, 0.5) is 23.1 Å². The van der Waals surface area contributed by atoms with Crippen molar-refractivity contribution in [3.8, 4) is 16.4 Å². The zero-order valence-electron chi connectivity index (χ0n) is 13.6. The molecule has 0 saturated heterocycles. The molecule has 2 amide bonds. The summed E-state index contributed by atoms with van der Waals surface area (Å²) in [7, 11) is -4.32. The zero-order chi connectivity index (χ0) is 20.4. The van der Waals surface area contributed by atoms with Gasteiger partial charge in [0.05, 0.1) is 22.2 Å². The summed E-state index contributed by atoms with van der Waals surface area (Å²) in [4.78, 5) is 16.0. The Labute approximate surface area is 160 Å². The molecule has 0 unspecified atom stereocenters. The van der Waals surface area contributed by atoms with Crippen molar-refractivity contribution < 1.29 is 35.5 Å². The van der Waals surface area contributed by atoms with Crippen LogP contribution in [0.2, 0.25) is 0 Å². The molecule has 8 nitrogen and oxygen atoms in total. The molecule has 0 fully saturated rings. The number of ether oxygens (including phenoxy) is 1. The Balaban J connectivity index is 1.64. The minimum Gasteiger partial charge on any atom is -0.463 e.